The molecule has 2 aromatic heterocycles. The van der Waals surface area contributed by atoms with Crippen LogP contribution in [0.4, 0.5) is 5.82 Å². The van der Waals surface area contributed by atoms with Crippen LogP contribution in [0, 0.1) is 0 Å². The predicted molar refractivity (Wildman–Crippen MR) is 110 cm³/mol. The molecule has 1 fully saturated rings. The molecule has 0 saturated carbocycles. The van der Waals surface area contributed by atoms with Gasteiger partial charge in [0.2, 0.25) is 0 Å². The normalized spacial score (nSPS) is 14.9. The molecule has 0 bridgehead atoms. The van der Waals surface area contributed by atoms with Gasteiger partial charge in [-0.1, -0.05) is 0 Å². The van der Waals surface area contributed by atoms with E-state index < -0.39 is 0 Å². The van der Waals surface area contributed by atoms with Crippen molar-refractivity contribution in [3.63, 3.8) is 0 Å². The number of likely N-dealkylation sites (tertiary alicyclic amines) is 1. The van der Waals surface area contributed by atoms with Crippen LogP contribution in [0.5, 0.6) is 5.75 Å². The molecular formula is C21H29N5O2. The Morgan fingerprint density at radius 1 is 1.14 bits per heavy atom. The maximum absolute atomic E-state index is 12.8. The van der Waals surface area contributed by atoms with Gasteiger partial charge in [-0.25, -0.2) is 4.98 Å². The lowest BCUT2D eigenvalue weighted by Gasteiger charge is -2.32. The number of hydrogen-bond acceptors (Lipinski definition) is 6. The van der Waals surface area contributed by atoms with E-state index in [0.29, 0.717) is 18.7 Å². The lowest BCUT2D eigenvalue weighted by Crippen LogP contribution is -2.41. The van der Waals surface area contributed by atoms with Crippen molar-refractivity contribution in [2.75, 3.05) is 52.2 Å². The van der Waals surface area contributed by atoms with Crippen LogP contribution in [0.2, 0.25) is 0 Å². The first-order valence-electron chi connectivity index (χ1n) is 9.71. The van der Waals surface area contributed by atoms with E-state index in [0.717, 1.165) is 37.5 Å². The third-order valence-corrected chi connectivity index (χ3v) is 4.93. The Morgan fingerprint density at radius 2 is 1.93 bits per heavy atom. The van der Waals surface area contributed by atoms with Crippen molar-refractivity contribution in [3.8, 4) is 5.75 Å². The molecule has 1 saturated heterocycles. The van der Waals surface area contributed by atoms with E-state index in [9.17, 15) is 4.79 Å². The third kappa shape index (κ3) is 5.42. The number of carbonyl (C=O) groups is 1. The summed E-state index contributed by atoms with van der Waals surface area (Å²) in [6, 6.07) is 7.56. The lowest BCUT2D eigenvalue weighted by molar-refractivity contribution is 0.0594. The summed E-state index contributed by atoms with van der Waals surface area (Å²) in [5.74, 6) is 1.70. The average Bonchev–Trinajstić information content (AvgIpc) is 2.73. The molecule has 0 spiro atoms. The molecule has 0 atom stereocenters. The summed E-state index contributed by atoms with van der Waals surface area (Å²) in [6.45, 7) is 3.22. The standard InChI is InChI=1S/C21H29N5O2/c1-24(2)13-14-25(3)20-7-6-17(15-23-20)21(27)26-11-8-18(9-12-26)28-19-5-4-10-22-16-19/h4-7,10,15-16,18H,8-9,11-14H2,1-3H3. The molecule has 1 amide bonds. The zero-order chi connectivity index (χ0) is 19.9. The van der Waals surface area contributed by atoms with E-state index in [2.05, 4.69) is 19.8 Å². The Labute approximate surface area is 166 Å². The second kappa shape index (κ2) is 9.50. The first kappa shape index (κ1) is 20.1. The number of likely N-dealkylation sites (N-methyl/N-ethyl adjacent to an activating group) is 2. The van der Waals surface area contributed by atoms with E-state index in [1.165, 1.54) is 0 Å². The molecular weight excluding hydrogens is 354 g/mol. The fourth-order valence-corrected chi connectivity index (χ4v) is 3.17. The summed E-state index contributed by atoms with van der Waals surface area (Å²) in [6.07, 6.45) is 6.90. The number of rotatable bonds is 7. The van der Waals surface area contributed by atoms with Crippen molar-refractivity contribution >= 4 is 11.7 Å². The van der Waals surface area contributed by atoms with Crippen LogP contribution in [0.1, 0.15) is 23.2 Å². The minimum Gasteiger partial charge on any atom is -0.489 e. The first-order chi connectivity index (χ1) is 13.5. The van der Waals surface area contributed by atoms with Gasteiger partial charge >= 0.3 is 0 Å². The third-order valence-electron chi connectivity index (χ3n) is 4.93. The number of carbonyl (C=O) groups excluding carboxylic acids is 1. The number of aromatic nitrogens is 2. The van der Waals surface area contributed by atoms with Gasteiger partial charge in [0, 0.05) is 58.5 Å². The quantitative estimate of drug-likeness (QED) is 0.730. The number of pyridine rings is 2. The van der Waals surface area contributed by atoms with Crippen molar-refractivity contribution in [2.45, 2.75) is 18.9 Å². The smallest absolute Gasteiger partial charge is 0.255 e. The molecule has 3 rings (SSSR count). The zero-order valence-electron chi connectivity index (χ0n) is 16.9. The van der Waals surface area contributed by atoms with Crippen LogP contribution < -0.4 is 9.64 Å². The number of nitrogens with zero attached hydrogens (tertiary/aromatic N) is 5. The molecule has 150 valence electrons. The number of amides is 1. The van der Waals surface area contributed by atoms with Gasteiger partial charge < -0.3 is 19.4 Å². The summed E-state index contributed by atoms with van der Waals surface area (Å²) in [5.41, 5.74) is 0.636. The average molecular weight is 383 g/mol. The highest BCUT2D eigenvalue weighted by Crippen LogP contribution is 2.20. The summed E-state index contributed by atoms with van der Waals surface area (Å²) in [5, 5.41) is 0. The number of hydrogen-bond donors (Lipinski definition) is 0. The summed E-state index contributed by atoms with van der Waals surface area (Å²) in [7, 11) is 6.11. The van der Waals surface area contributed by atoms with Gasteiger partial charge in [-0.15, -0.1) is 0 Å². The second-order valence-electron chi connectivity index (χ2n) is 7.43. The van der Waals surface area contributed by atoms with E-state index in [1.54, 1.807) is 18.6 Å². The molecule has 7 nitrogen and oxygen atoms in total. The molecule has 7 heteroatoms. The van der Waals surface area contributed by atoms with Gasteiger partial charge in [-0.3, -0.25) is 9.78 Å². The number of anilines is 1. The molecule has 1 aliphatic heterocycles. The van der Waals surface area contributed by atoms with Crippen LogP contribution >= 0.6 is 0 Å². The summed E-state index contributed by atoms with van der Waals surface area (Å²) >= 11 is 0. The molecule has 0 unspecified atom stereocenters. The Hall–Kier alpha value is -2.67. The van der Waals surface area contributed by atoms with Crippen LogP contribution in [0.3, 0.4) is 0 Å². The maximum Gasteiger partial charge on any atom is 0.255 e. The second-order valence-corrected chi connectivity index (χ2v) is 7.43. The zero-order valence-corrected chi connectivity index (χ0v) is 16.9. The summed E-state index contributed by atoms with van der Waals surface area (Å²) < 4.78 is 5.95. The van der Waals surface area contributed by atoms with Crippen LogP contribution in [-0.4, -0.2) is 79.1 Å². The van der Waals surface area contributed by atoms with Crippen molar-refractivity contribution in [1.82, 2.24) is 19.8 Å². The van der Waals surface area contributed by atoms with Gasteiger partial charge in [0.05, 0.1) is 11.8 Å². The topological polar surface area (TPSA) is 61.8 Å². The monoisotopic (exact) mass is 383 g/mol. The molecule has 2 aromatic rings. The van der Waals surface area contributed by atoms with Gasteiger partial charge in [-0.05, 0) is 38.4 Å². The van der Waals surface area contributed by atoms with Gasteiger partial charge in [0.15, 0.2) is 0 Å². The van der Waals surface area contributed by atoms with Crippen LogP contribution in [-0.2, 0) is 0 Å². The SMILES string of the molecule is CN(C)CCN(C)c1ccc(C(=O)N2CCC(Oc3cccnc3)CC2)cn1. The minimum atomic E-state index is 0.0369. The van der Waals surface area contributed by atoms with Crippen molar-refractivity contribution in [3.05, 3.63) is 48.4 Å². The summed E-state index contributed by atoms with van der Waals surface area (Å²) in [4.78, 5) is 27.4. The highest BCUT2D eigenvalue weighted by atomic mass is 16.5. The van der Waals surface area contributed by atoms with Gasteiger partial charge in [0.1, 0.15) is 17.7 Å². The molecule has 0 N–H and O–H groups in total. The predicted octanol–water partition coefficient (Wildman–Crippen LogP) is 2.16. The molecule has 1 aliphatic rings. The number of ether oxygens (including phenoxy) is 1. The van der Waals surface area contributed by atoms with E-state index >= 15 is 0 Å². The lowest BCUT2D eigenvalue weighted by atomic mass is 10.1. The van der Waals surface area contributed by atoms with Gasteiger partial charge in [0.25, 0.3) is 5.91 Å². The fourth-order valence-electron chi connectivity index (χ4n) is 3.17. The van der Waals surface area contributed by atoms with Crippen LogP contribution in [0.15, 0.2) is 42.9 Å². The van der Waals surface area contributed by atoms with Crippen molar-refractivity contribution in [1.29, 1.82) is 0 Å². The van der Waals surface area contributed by atoms with Crippen LogP contribution in [0.25, 0.3) is 0 Å². The van der Waals surface area contributed by atoms with E-state index in [-0.39, 0.29) is 12.0 Å². The molecule has 0 aromatic carbocycles. The number of piperidine rings is 1. The Kier molecular flexibility index (Phi) is 6.81. The highest BCUT2D eigenvalue weighted by Gasteiger charge is 2.25. The Balaban J connectivity index is 1.50. The van der Waals surface area contributed by atoms with Crippen molar-refractivity contribution < 1.29 is 9.53 Å². The first-order valence-corrected chi connectivity index (χ1v) is 9.71. The molecule has 28 heavy (non-hydrogen) atoms. The molecule has 0 radical (unpaired) electrons. The highest BCUT2D eigenvalue weighted by molar-refractivity contribution is 5.94. The Morgan fingerprint density at radius 3 is 2.54 bits per heavy atom. The fraction of sp³-hybridized carbons (Fsp3) is 0.476. The van der Waals surface area contributed by atoms with E-state index in [1.807, 2.05) is 50.3 Å². The minimum absolute atomic E-state index is 0.0369. The van der Waals surface area contributed by atoms with Crippen molar-refractivity contribution in [2.24, 2.45) is 0 Å². The van der Waals surface area contributed by atoms with Gasteiger partial charge in [-0.2, -0.15) is 0 Å². The maximum atomic E-state index is 12.8. The largest absolute Gasteiger partial charge is 0.489 e. The molecule has 3 heterocycles. The Bertz CT molecular complexity index is 743. The van der Waals surface area contributed by atoms with E-state index in [4.69, 9.17) is 4.74 Å². The molecule has 0 aliphatic carbocycles.